The summed E-state index contributed by atoms with van der Waals surface area (Å²) in [6, 6.07) is 7.87. The minimum Gasteiger partial charge on any atom is -0.481 e. The molecule has 1 unspecified atom stereocenters. The van der Waals surface area contributed by atoms with Crippen molar-refractivity contribution >= 4 is 40.2 Å². The van der Waals surface area contributed by atoms with Gasteiger partial charge in [0.1, 0.15) is 5.52 Å². The van der Waals surface area contributed by atoms with E-state index in [4.69, 9.17) is 5.11 Å². The van der Waals surface area contributed by atoms with Crippen LogP contribution in [0.2, 0.25) is 0 Å². The van der Waals surface area contributed by atoms with E-state index in [1.165, 1.54) is 16.6 Å². The summed E-state index contributed by atoms with van der Waals surface area (Å²) in [5.41, 5.74) is 1.57. The number of nitrogens with zero attached hydrogens (tertiary/aromatic N) is 3. The molecule has 0 aliphatic rings. The fourth-order valence-corrected chi connectivity index (χ4v) is 3.72. The van der Waals surface area contributed by atoms with E-state index in [-0.39, 0.29) is 11.8 Å². The van der Waals surface area contributed by atoms with Crippen molar-refractivity contribution < 1.29 is 9.90 Å². The Kier molecular flexibility index (Phi) is 3.94. The number of aromatic nitrogens is 3. The minimum absolute atomic E-state index is 0.0134. The van der Waals surface area contributed by atoms with E-state index in [9.17, 15) is 4.79 Å². The van der Waals surface area contributed by atoms with Gasteiger partial charge < -0.3 is 5.11 Å². The van der Waals surface area contributed by atoms with Gasteiger partial charge >= 0.3 is 5.97 Å². The van der Waals surface area contributed by atoms with Crippen molar-refractivity contribution in [2.24, 2.45) is 0 Å². The molecule has 0 radical (unpaired) electrons. The zero-order valence-electron chi connectivity index (χ0n) is 11.3. The second-order valence-corrected chi connectivity index (χ2v) is 6.41. The maximum atomic E-state index is 10.8. The zero-order valence-corrected chi connectivity index (χ0v) is 12.9. The number of carboxylic acids is 1. The molecule has 5 nitrogen and oxygen atoms in total. The molecular formula is C14H13N3O2S2. The molecule has 3 aromatic heterocycles. The Morgan fingerprint density at radius 3 is 3.05 bits per heavy atom. The van der Waals surface area contributed by atoms with E-state index < -0.39 is 5.97 Å². The first-order chi connectivity index (χ1) is 10.2. The molecular weight excluding hydrogens is 306 g/mol. The van der Waals surface area contributed by atoms with Crippen molar-refractivity contribution in [3.63, 3.8) is 0 Å². The Morgan fingerprint density at radius 2 is 2.33 bits per heavy atom. The number of hydrogen-bond donors (Lipinski definition) is 1. The van der Waals surface area contributed by atoms with Crippen LogP contribution in [0.4, 0.5) is 0 Å². The first-order valence-electron chi connectivity index (χ1n) is 6.38. The molecule has 0 fully saturated rings. The highest BCUT2D eigenvalue weighted by Crippen LogP contribution is 2.31. The quantitative estimate of drug-likeness (QED) is 0.731. The van der Waals surface area contributed by atoms with Crippen LogP contribution in [-0.2, 0) is 4.79 Å². The van der Waals surface area contributed by atoms with Crippen molar-refractivity contribution in [3.8, 4) is 0 Å². The molecule has 21 heavy (non-hydrogen) atoms. The first-order valence-corrected chi connectivity index (χ1v) is 8.24. The highest BCUT2D eigenvalue weighted by atomic mass is 32.2. The number of fused-ring (bicyclic) bond motifs is 1. The van der Waals surface area contributed by atoms with Crippen LogP contribution in [0.15, 0.2) is 41.0 Å². The Morgan fingerprint density at radius 1 is 1.48 bits per heavy atom. The van der Waals surface area contributed by atoms with Gasteiger partial charge in [-0.05, 0) is 30.5 Å². The molecule has 0 spiro atoms. The molecule has 3 aromatic rings. The number of pyridine rings is 1. The lowest BCUT2D eigenvalue weighted by molar-refractivity contribution is -0.133. The lowest BCUT2D eigenvalue weighted by atomic mass is 10.3. The van der Waals surface area contributed by atoms with Gasteiger partial charge in [-0.3, -0.25) is 9.36 Å². The minimum atomic E-state index is -0.852. The first kappa shape index (κ1) is 14.1. The average Bonchev–Trinajstić information content (AvgIpc) is 3.11. The lowest BCUT2D eigenvalue weighted by Gasteiger charge is -2.15. The Hall–Kier alpha value is -1.86. The molecule has 0 saturated carbocycles. The molecule has 0 aliphatic heterocycles. The summed E-state index contributed by atoms with van der Waals surface area (Å²) in [7, 11) is 0. The van der Waals surface area contributed by atoms with Gasteiger partial charge in [0.2, 0.25) is 0 Å². The van der Waals surface area contributed by atoms with E-state index in [0.717, 1.165) is 11.2 Å². The van der Waals surface area contributed by atoms with Gasteiger partial charge in [-0.2, -0.15) is 0 Å². The lowest BCUT2D eigenvalue weighted by Crippen LogP contribution is -2.08. The van der Waals surface area contributed by atoms with Crippen LogP contribution in [0.1, 0.15) is 17.8 Å². The van der Waals surface area contributed by atoms with Crippen molar-refractivity contribution in [1.29, 1.82) is 0 Å². The predicted molar refractivity (Wildman–Crippen MR) is 84.0 cm³/mol. The molecule has 3 heterocycles. The van der Waals surface area contributed by atoms with Gasteiger partial charge in [-0.25, -0.2) is 9.97 Å². The van der Waals surface area contributed by atoms with Gasteiger partial charge in [0.05, 0.1) is 11.8 Å². The van der Waals surface area contributed by atoms with E-state index in [1.807, 2.05) is 28.1 Å². The number of carboxylic acid groups (broad SMARTS) is 1. The molecule has 1 N–H and O–H groups in total. The Labute approximate surface area is 129 Å². The summed E-state index contributed by atoms with van der Waals surface area (Å²) in [6.07, 6.45) is 1.73. The standard InChI is InChI=1S/C14H13N3O2S2/c1-9(11-5-3-7-20-11)17-13-10(4-2-6-15-13)16-14(17)21-8-12(18)19/h2-7,9H,8H2,1H3,(H,18,19). The zero-order chi connectivity index (χ0) is 14.8. The molecule has 0 saturated heterocycles. The molecule has 108 valence electrons. The Bertz CT molecular complexity index is 768. The highest BCUT2D eigenvalue weighted by molar-refractivity contribution is 7.99. The molecule has 0 amide bonds. The highest BCUT2D eigenvalue weighted by Gasteiger charge is 2.19. The number of rotatable bonds is 5. The largest absolute Gasteiger partial charge is 0.481 e. The number of carbonyl (C=O) groups is 1. The topological polar surface area (TPSA) is 68.0 Å². The van der Waals surface area contributed by atoms with Gasteiger partial charge in [0.15, 0.2) is 10.8 Å². The summed E-state index contributed by atoms with van der Waals surface area (Å²) in [4.78, 5) is 20.9. The molecule has 0 bridgehead atoms. The third-order valence-corrected chi connectivity index (χ3v) is 5.06. The summed E-state index contributed by atoms with van der Waals surface area (Å²) >= 11 is 2.89. The van der Waals surface area contributed by atoms with Crippen LogP contribution in [0, 0.1) is 0 Å². The average molecular weight is 319 g/mol. The van der Waals surface area contributed by atoms with Crippen LogP contribution < -0.4 is 0 Å². The molecule has 7 heteroatoms. The van der Waals surface area contributed by atoms with E-state index in [1.54, 1.807) is 17.5 Å². The van der Waals surface area contributed by atoms with Crippen LogP contribution in [0.25, 0.3) is 11.2 Å². The number of aliphatic carboxylic acids is 1. The van der Waals surface area contributed by atoms with Crippen LogP contribution in [0.3, 0.4) is 0 Å². The molecule has 3 rings (SSSR count). The number of thioether (sulfide) groups is 1. The Balaban J connectivity index is 2.08. The number of imidazole rings is 1. The SMILES string of the molecule is CC(c1cccs1)n1c(SCC(=O)O)nc2cccnc21. The van der Waals surface area contributed by atoms with Crippen LogP contribution >= 0.6 is 23.1 Å². The second-order valence-electron chi connectivity index (χ2n) is 4.48. The number of hydrogen-bond acceptors (Lipinski definition) is 5. The van der Waals surface area contributed by atoms with Crippen LogP contribution in [0.5, 0.6) is 0 Å². The molecule has 1 atom stereocenters. The van der Waals surface area contributed by atoms with E-state index in [0.29, 0.717) is 5.16 Å². The third-order valence-electron chi connectivity index (χ3n) is 3.08. The fourth-order valence-electron chi connectivity index (χ4n) is 2.14. The number of thiophene rings is 1. The van der Waals surface area contributed by atoms with Gasteiger partial charge in [0.25, 0.3) is 0 Å². The van der Waals surface area contributed by atoms with E-state index >= 15 is 0 Å². The van der Waals surface area contributed by atoms with Crippen molar-refractivity contribution in [3.05, 3.63) is 40.7 Å². The summed E-state index contributed by atoms with van der Waals surface area (Å²) < 4.78 is 2.01. The smallest absolute Gasteiger partial charge is 0.313 e. The van der Waals surface area contributed by atoms with E-state index in [2.05, 4.69) is 23.0 Å². The summed E-state index contributed by atoms with van der Waals surface area (Å²) in [5, 5.41) is 11.6. The third kappa shape index (κ3) is 2.79. The molecule has 0 aliphatic carbocycles. The van der Waals surface area contributed by atoms with Gasteiger partial charge in [-0.15, -0.1) is 11.3 Å². The van der Waals surface area contributed by atoms with Crippen molar-refractivity contribution in [1.82, 2.24) is 14.5 Å². The predicted octanol–water partition coefficient (Wildman–Crippen LogP) is 3.28. The fraction of sp³-hybridized carbons (Fsp3) is 0.214. The van der Waals surface area contributed by atoms with Gasteiger partial charge in [0, 0.05) is 11.1 Å². The van der Waals surface area contributed by atoms with Crippen molar-refractivity contribution in [2.75, 3.05) is 5.75 Å². The normalized spacial score (nSPS) is 12.6. The maximum absolute atomic E-state index is 10.8. The molecule has 0 aromatic carbocycles. The monoisotopic (exact) mass is 319 g/mol. The second kappa shape index (κ2) is 5.87. The van der Waals surface area contributed by atoms with Crippen LogP contribution in [-0.4, -0.2) is 31.4 Å². The van der Waals surface area contributed by atoms with Gasteiger partial charge in [-0.1, -0.05) is 17.8 Å². The summed E-state index contributed by atoms with van der Waals surface area (Å²) in [5.74, 6) is -0.865. The van der Waals surface area contributed by atoms with Crippen molar-refractivity contribution in [2.45, 2.75) is 18.1 Å². The maximum Gasteiger partial charge on any atom is 0.313 e. The summed E-state index contributed by atoms with van der Waals surface area (Å²) in [6.45, 7) is 2.08.